The molecule has 9 heteroatoms. The summed E-state index contributed by atoms with van der Waals surface area (Å²) < 4.78 is 37.3. The summed E-state index contributed by atoms with van der Waals surface area (Å²) in [4.78, 5) is 24.5. The van der Waals surface area contributed by atoms with Crippen LogP contribution in [0.15, 0.2) is 23.1 Å². The smallest absolute Gasteiger partial charge is 0.339 e. The van der Waals surface area contributed by atoms with Gasteiger partial charge >= 0.3 is 5.97 Å². The molecule has 0 spiro atoms. The second-order valence-electron chi connectivity index (χ2n) is 6.82. The van der Waals surface area contributed by atoms with Gasteiger partial charge in [-0.3, -0.25) is 4.79 Å². The minimum Gasteiger partial charge on any atom is -0.449 e. The highest BCUT2D eigenvalue weighted by molar-refractivity contribution is 7.89. The van der Waals surface area contributed by atoms with E-state index < -0.39 is 22.1 Å². The number of aryl methyl sites for hydroxylation is 1. The Hall–Kier alpha value is -1.97. The summed E-state index contributed by atoms with van der Waals surface area (Å²) in [6, 6.07) is 4.52. The summed E-state index contributed by atoms with van der Waals surface area (Å²) in [5.41, 5.74) is 0.714. The molecule has 1 N–H and O–H groups in total. The number of carbonyl (C=O) groups is 2. The lowest BCUT2D eigenvalue weighted by Crippen LogP contribution is -2.40. The molecule has 1 aliphatic carbocycles. The van der Waals surface area contributed by atoms with Crippen molar-refractivity contribution in [3.05, 3.63) is 29.3 Å². The minimum atomic E-state index is -3.72. The van der Waals surface area contributed by atoms with Crippen LogP contribution in [0.1, 0.15) is 35.7 Å². The highest BCUT2D eigenvalue weighted by Gasteiger charge is 2.30. The summed E-state index contributed by atoms with van der Waals surface area (Å²) >= 11 is 0. The van der Waals surface area contributed by atoms with Crippen LogP contribution < -0.4 is 5.32 Å². The van der Waals surface area contributed by atoms with Crippen molar-refractivity contribution in [2.75, 3.05) is 26.3 Å². The van der Waals surface area contributed by atoms with Crippen molar-refractivity contribution >= 4 is 21.9 Å². The lowest BCUT2D eigenvalue weighted by Gasteiger charge is -2.26. The Morgan fingerprint density at radius 2 is 1.93 bits per heavy atom. The number of carbonyl (C=O) groups excluding carboxylic acids is 2. The number of hydrogen-bond acceptors (Lipinski definition) is 6. The van der Waals surface area contributed by atoms with Gasteiger partial charge < -0.3 is 14.8 Å². The molecule has 1 aromatic carbocycles. The van der Waals surface area contributed by atoms with Crippen LogP contribution in [0, 0.1) is 6.92 Å². The molecule has 1 atom stereocenters. The zero-order valence-electron chi connectivity index (χ0n) is 15.4. The molecule has 1 aliphatic heterocycles. The summed E-state index contributed by atoms with van der Waals surface area (Å²) in [5, 5.41) is 2.77. The Labute approximate surface area is 158 Å². The number of amides is 1. The predicted octanol–water partition coefficient (Wildman–Crippen LogP) is 0.840. The first-order chi connectivity index (χ1) is 12.8. The molecule has 1 amide bonds. The zero-order chi connectivity index (χ0) is 19.6. The van der Waals surface area contributed by atoms with Crippen molar-refractivity contribution in [3.8, 4) is 0 Å². The normalized spacial score (nSPS) is 19.3. The highest BCUT2D eigenvalue weighted by Crippen LogP contribution is 2.22. The van der Waals surface area contributed by atoms with Gasteiger partial charge in [0.1, 0.15) is 0 Å². The maximum atomic E-state index is 12.8. The van der Waals surface area contributed by atoms with Gasteiger partial charge in [0.05, 0.1) is 23.7 Å². The van der Waals surface area contributed by atoms with Gasteiger partial charge in [0, 0.05) is 19.1 Å². The molecule has 1 saturated heterocycles. The first kappa shape index (κ1) is 19.8. The molecule has 1 saturated carbocycles. The van der Waals surface area contributed by atoms with Gasteiger partial charge in [-0.2, -0.15) is 4.31 Å². The summed E-state index contributed by atoms with van der Waals surface area (Å²) in [6.45, 7) is 4.42. The molecule has 0 radical (unpaired) electrons. The maximum absolute atomic E-state index is 12.8. The minimum absolute atomic E-state index is 0.0250. The predicted molar refractivity (Wildman–Crippen MR) is 96.8 cm³/mol. The molecule has 1 aromatic rings. The first-order valence-electron chi connectivity index (χ1n) is 8.99. The number of rotatable bonds is 6. The van der Waals surface area contributed by atoms with Crippen LogP contribution in [-0.4, -0.2) is 63.0 Å². The molecule has 148 valence electrons. The van der Waals surface area contributed by atoms with Gasteiger partial charge in [0.25, 0.3) is 5.91 Å². The Balaban J connectivity index is 1.75. The van der Waals surface area contributed by atoms with Crippen molar-refractivity contribution in [1.82, 2.24) is 9.62 Å². The number of ether oxygens (including phenoxy) is 2. The number of hydrogen-bond donors (Lipinski definition) is 1. The van der Waals surface area contributed by atoms with E-state index >= 15 is 0 Å². The van der Waals surface area contributed by atoms with Crippen molar-refractivity contribution < 1.29 is 27.5 Å². The topological polar surface area (TPSA) is 102 Å². The van der Waals surface area contributed by atoms with Gasteiger partial charge in [-0.25, -0.2) is 13.2 Å². The van der Waals surface area contributed by atoms with E-state index in [2.05, 4.69) is 5.32 Å². The number of sulfonamides is 1. The first-order valence-corrected chi connectivity index (χ1v) is 10.4. The number of esters is 1. The van der Waals surface area contributed by atoms with E-state index in [1.165, 1.54) is 23.4 Å². The van der Waals surface area contributed by atoms with E-state index in [-0.39, 0.29) is 35.5 Å². The second-order valence-corrected chi connectivity index (χ2v) is 8.76. The summed E-state index contributed by atoms with van der Waals surface area (Å²) in [7, 11) is -3.72. The van der Waals surface area contributed by atoms with E-state index in [4.69, 9.17) is 9.47 Å². The number of benzene rings is 1. The Bertz CT molecular complexity index is 828. The van der Waals surface area contributed by atoms with Crippen molar-refractivity contribution in [1.29, 1.82) is 0 Å². The van der Waals surface area contributed by atoms with Crippen LogP contribution in [0.4, 0.5) is 0 Å². The number of nitrogens with zero attached hydrogens (tertiary/aromatic N) is 1. The van der Waals surface area contributed by atoms with Crippen LogP contribution in [0.5, 0.6) is 0 Å². The molecular weight excluding hydrogens is 372 g/mol. The van der Waals surface area contributed by atoms with Gasteiger partial charge in [-0.15, -0.1) is 0 Å². The van der Waals surface area contributed by atoms with Gasteiger partial charge in [0.2, 0.25) is 10.0 Å². The summed E-state index contributed by atoms with van der Waals surface area (Å²) in [6.07, 6.45) is 0.928. The maximum Gasteiger partial charge on any atom is 0.339 e. The lowest BCUT2D eigenvalue weighted by atomic mass is 10.1. The third kappa shape index (κ3) is 4.66. The SMILES string of the molecule is Cc1ccc(S(=O)(=O)N2CCOCC2)cc1C(=O)O[C@@H](C)C(=O)NC1CC1. The van der Waals surface area contributed by atoms with E-state index in [0.717, 1.165) is 12.8 Å². The van der Waals surface area contributed by atoms with Crippen LogP contribution in [0.25, 0.3) is 0 Å². The van der Waals surface area contributed by atoms with Crippen molar-refractivity contribution in [2.24, 2.45) is 0 Å². The van der Waals surface area contributed by atoms with Crippen molar-refractivity contribution in [3.63, 3.8) is 0 Å². The van der Waals surface area contributed by atoms with Gasteiger partial charge in [-0.05, 0) is 44.4 Å². The largest absolute Gasteiger partial charge is 0.449 e. The Morgan fingerprint density at radius 3 is 2.56 bits per heavy atom. The number of morpholine rings is 1. The second kappa shape index (κ2) is 7.95. The molecule has 2 aliphatic rings. The lowest BCUT2D eigenvalue weighted by molar-refractivity contribution is -0.129. The molecule has 2 fully saturated rings. The third-order valence-electron chi connectivity index (χ3n) is 4.61. The monoisotopic (exact) mass is 396 g/mol. The Kier molecular flexibility index (Phi) is 5.83. The quantitative estimate of drug-likeness (QED) is 0.715. The Morgan fingerprint density at radius 1 is 1.26 bits per heavy atom. The molecule has 27 heavy (non-hydrogen) atoms. The molecular formula is C18H24N2O6S. The fourth-order valence-corrected chi connectivity index (χ4v) is 4.18. The van der Waals surface area contributed by atoms with E-state index in [0.29, 0.717) is 18.8 Å². The van der Waals surface area contributed by atoms with Crippen LogP contribution in [0.3, 0.4) is 0 Å². The van der Waals surface area contributed by atoms with E-state index in [1.54, 1.807) is 13.0 Å². The van der Waals surface area contributed by atoms with Crippen LogP contribution >= 0.6 is 0 Å². The standard InChI is InChI=1S/C18H24N2O6S/c1-12-3-6-15(27(23,24)20-7-9-25-10-8-20)11-16(12)18(22)26-13(2)17(21)19-14-4-5-14/h3,6,11,13-14H,4-5,7-10H2,1-2H3,(H,19,21)/t13-/m0/s1. The van der Waals surface area contributed by atoms with Crippen LogP contribution in [-0.2, 0) is 24.3 Å². The van der Waals surface area contributed by atoms with Gasteiger partial charge in [0.15, 0.2) is 6.10 Å². The molecule has 0 bridgehead atoms. The van der Waals surface area contributed by atoms with E-state index in [1.807, 2.05) is 0 Å². The average molecular weight is 396 g/mol. The summed E-state index contributed by atoms with van der Waals surface area (Å²) in [5.74, 6) is -1.06. The average Bonchev–Trinajstić information content (AvgIpc) is 3.46. The fraction of sp³-hybridized carbons (Fsp3) is 0.556. The molecule has 1 heterocycles. The van der Waals surface area contributed by atoms with E-state index in [9.17, 15) is 18.0 Å². The third-order valence-corrected chi connectivity index (χ3v) is 6.51. The molecule has 8 nitrogen and oxygen atoms in total. The molecule has 0 aromatic heterocycles. The van der Waals surface area contributed by atoms with Crippen molar-refractivity contribution in [2.45, 2.75) is 43.7 Å². The van der Waals surface area contributed by atoms with Gasteiger partial charge in [-0.1, -0.05) is 6.07 Å². The molecule has 3 rings (SSSR count). The zero-order valence-corrected chi connectivity index (χ0v) is 16.3. The van der Waals surface area contributed by atoms with Crippen LogP contribution in [0.2, 0.25) is 0 Å². The fourth-order valence-electron chi connectivity index (χ4n) is 2.74. The number of nitrogens with one attached hydrogen (secondary N) is 1. The highest BCUT2D eigenvalue weighted by atomic mass is 32.2. The molecule has 0 unspecified atom stereocenters.